The van der Waals surface area contributed by atoms with Crippen molar-refractivity contribution in [2.45, 2.75) is 65.8 Å². The summed E-state index contributed by atoms with van der Waals surface area (Å²) in [6, 6.07) is 8.88. The number of carbonyl (C=O) groups is 1. The van der Waals surface area contributed by atoms with Gasteiger partial charge in [0.15, 0.2) is 6.29 Å². The van der Waals surface area contributed by atoms with Crippen molar-refractivity contribution in [2.75, 3.05) is 34.0 Å². The Hall–Kier alpha value is -2.22. The highest BCUT2D eigenvalue weighted by molar-refractivity contribution is 5.76. The van der Waals surface area contributed by atoms with Crippen molar-refractivity contribution in [2.24, 2.45) is 5.92 Å². The van der Waals surface area contributed by atoms with Gasteiger partial charge in [-0.25, -0.2) is 0 Å². The van der Waals surface area contributed by atoms with Crippen LogP contribution in [0.25, 0.3) is 11.1 Å². The Balaban J connectivity index is 1.84. The maximum absolute atomic E-state index is 12.9. The summed E-state index contributed by atoms with van der Waals surface area (Å²) in [5, 5.41) is 4.43. The molecule has 0 fully saturated rings. The fraction of sp³-hybridized carbons (Fsp3) is 0.615. The number of hydrogen-bond acceptors (Lipinski definition) is 5. The van der Waals surface area contributed by atoms with Crippen molar-refractivity contribution in [3.63, 3.8) is 0 Å². The summed E-state index contributed by atoms with van der Waals surface area (Å²) >= 11 is 0. The molecule has 1 aromatic carbocycles. The normalized spacial score (nSPS) is 12.7. The lowest BCUT2D eigenvalue weighted by molar-refractivity contribution is -0.151. The molecule has 7 heteroatoms. The smallest absolute Gasteiger partial charge is 0.225 e. The van der Waals surface area contributed by atoms with Gasteiger partial charge in [0.25, 0.3) is 0 Å². The molecular formula is C26H41N3O4. The molecule has 1 heterocycles. The third-order valence-electron chi connectivity index (χ3n) is 6.03. The van der Waals surface area contributed by atoms with E-state index in [9.17, 15) is 4.79 Å². The van der Waals surface area contributed by atoms with Crippen LogP contribution in [0.15, 0.2) is 36.7 Å². The summed E-state index contributed by atoms with van der Waals surface area (Å²) in [6.07, 6.45) is 4.68. The summed E-state index contributed by atoms with van der Waals surface area (Å²) in [5.41, 5.74) is 3.47. The first-order valence-corrected chi connectivity index (χ1v) is 11.8. The number of hydrogen-bond donors (Lipinski definition) is 0. The molecule has 0 aliphatic carbocycles. The number of methoxy groups -OCH3 is 2. The summed E-state index contributed by atoms with van der Waals surface area (Å²) in [4.78, 5) is 14.7. The van der Waals surface area contributed by atoms with Gasteiger partial charge in [0.2, 0.25) is 5.91 Å². The lowest BCUT2D eigenvalue weighted by atomic mass is 10.0. The van der Waals surface area contributed by atoms with Crippen LogP contribution < -0.4 is 0 Å². The van der Waals surface area contributed by atoms with Crippen LogP contribution in [0.5, 0.6) is 0 Å². The average Bonchev–Trinajstić information content (AvgIpc) is 3.30. The minimum absolute atomic E-state index is 0.0551. The Kier molecular flexibility index (Phi) is 11.0. The van der Waals surface area contributed by atoms with E-state index in [4.69, 9.17) is 14.2 Å². The van der Waals surface area contributed by atoms with E-state index in [-0.39, 0.29) is 11.9 Å². The van der Waals surface area contributed by atoms with E-state index in [1.165, 1.54) is 5.56 Å². The van der Waals surface area contributed by atoms with Crippen molar-refractivity contribution in [1.29, 1.82) is 0 Å². The lowest BCUT2D eigenvalue weighted by Crippen LogP contribution is -2.46. The maximum Gasteiger partial charge on any atom is 0.225 e. The van der Waals surface area contributed by atoms with E-state index < -0.39 is 6.29 Å². The summed E-state index contributed by atoms with van der Waals surface area (Å²) < 4.78 is 18.4. The molecule has 0 bridgehead atoms. The fourth-order valence-corrected chi connectivity index (χ4v) is 3.53. The highest BCUT2D eigenvalue weighted by atomic mass is 16.7. The molecule has 0 radical (unpaired) electrons. The molecule has 0 unspecified atom stereocenters. The first-order chi connectivity index (χ1) is 15.8. The third-order valence-corrected chi connectivity index (χ3v) is 6.03. The molecule has 0 N–H and O–H groups in total. The van der Waals surface area contributed by atoms with Gasteiger partial charge < -0.3 is 19.1 Å². The Labute approximate surface area is 199 Å². The predicted molar refractivity (Wildman–Crippen MR) is 131 cm³/mol. The molecule has 1 atom stereocenters. The second kappa shape index (κ2) is 13.5. The molecule has 7 nitrogen and oxygen atoms in total. The van der Waals surface area contributed by atoms with Gasteiger partial charge in [-0.3, -0.25) is 9.48 Å². The fourth-order valence-electron chi connectivity index (χ4n) is 3.53. The topological polar surface area (TPSA) is 65.8 Å². The largest absolute Gasteiger partial charge is 0.381 e. The zero-order valence-corrected chi connectivity index (χ0v) is 21.3. The predicted octanol–water partition coefficient (Wildman–Crippen LogP) is 4.57. The van der Waals surface area contributed by atoms with Gasteiger partial charge in [-0.1, -0.05) is 38.1 Å². The number of amides is 1. The van der Waals surface area contributed by atoms with E-state index in [0.717, 1.165) is 17.5 Å². The molecule has 1 amide bonds. The quantitative estimate of drug-likeness (QED) is 0.306. The van der Waals surface area contributed by atoms with E-state index >= 15 is 0 Å². The van der Waals surface area contributed by atoms with E-state index in [2.05, 4.69) is 70.2 Å². The second-order valence-electron chi connectivity index (χ2n) is 9.05. The van der Waals surface area contributed by atoms with Crippen LogP contribution in [0.1, 0.15) is 52.6 Å². The van der Waals surface area contributed by atoms with Crippen LogP contribution in [0.2, 0.25) is 0 Å². The first-order valence-electron chi connectivity index (χ1n) is 11.8. The Morgan fingerprint density at radius 3 is 2.39 bits per heavy atom. The minimum Gasteiger partial charge on any atom is -0.381 e. The monoisotopic (exact) mass is 459 g/mol. The summed E-state index contributed by atoms with van der Waals surface area (Å²) in [7, 11) is 3.18. The molecule has 2 aromatic rings. The van der Waals surface area contributed by atoms with Gasteiger partial charge >= 0.3 is 0 Å². The van der Waals surface area contributed by atoms with Crippen LogP contribution in [-0.2, 0) is 25.4 Å². The van der Waals surface area contributed by atoms with E-state index in [1.807, 2.05) is 15.8 Å². The molecule has 1 aromatic heterocycles. The molecule has 184 valence electrons. The second-order valence-corrected chi connectivity index (χ2v) is 9.05. The molecule has 2 rings (SSSR count). The first kappa shape index (κ1) is 27.0. The molecule has 0 aliphatic heterocycles. The highest BCUT2D eigenvalue weighted by Gasteiger charge is 2.25. The Bertz CT molecular complexity index is 846. The third kappa shape index (κ3) is 8.25. The number of aromatic nitrogens is 2. The Morgan fingerprint density at radius 2 is 1.79 bits per heavy atom. The van der Waals surface area contributed by atoms with Gasteiger partial charge in [-0.15, -0.1) is 0 Å². The van der Waals surface area contributed by atoms with Gasteiger partial charge in [-0.2, -0.15) is 5.10 Å². The Morgan fingerprint density at radius 1 is 1.06 bits per heavy atom. The molecule has 0 saturated heterocycles. The summed E-state index contributed by atoms with van der Waals surface area (Å²) in [6.45, 7) is 11.9. The SMILES string of the molecule is COC(CN(C(=O)CCOCCc1cccc(-c2cnn(C(C)C)c2)c1)[C@H](C)C(C)C)OC. The number of carbonyl (C=O) groups excluding carboxylic acids is 1. The van der Waals surface area contributed by atoms with E-state index in [0.29, 0.717) is 38.1 Å². The molecule has 0 spiro atoms. The number of ether oxygens (including phenoxy) is 3. The van der Waals surface area contributed by atoms with Crippen LogP contribution in [0.3, 0.4) is 0 Å². The maximum atomic E-state index is 12.9. The zero-order valence-electron chi connectivity index (χ0n) is 21.3. The van der Waals surface area contributed by atoms with Crippen LogP contribution in [0, 0.1) is 5.92 Å². The minimum atomic E-state index is -0.434. The molecule has 0 aliphatic rings. The van der Waals surface area contributed by atoms with Crippen LogP contribution in [-0.4, -0.2) is 66.9 Å². The van der Waals surface area contributed by atoms with Crippen molar-refractivity contribution in [3.8, 4) is 11.1 Å². The highest BCUT2D eigenvalue weighted by Crippen LogP contribution is 2.21. The van der Waals surface area contributed by atoms with Crippen molar-refractivity contribution >= 4 is 5.91 Å². The van der Waals surface area contributed by atoms with Crippen molar-refractivity contribution in [1.82, 2.24) is 14.7 Å². The van der Waals surface area contributed by atoms with Crippen LogP contribution in [0.4, 0.5) is 0 Å². The van der Waals surface area contributed by atoms with Gasteiger partial charge in [0, 0.05) is 38.1 Å². The van der Waals surface area contributed by atoms with Crippen LogP contribution >= 0.6 is 0 Å². The molecular weight excluding hydrogens is 418 g/mol. The number of rotatable bonds is 14. The van der Waals surface area contributed by atoms with Crippen molar-refractivity contribution < 1.29 is 19.0 Å². The van der Waals surface area contributed by atoms with Gasteiger partial charge in [0.05, 0.1) is 32.4 Å². The summed E-state index contributed by atoms with van der Waals surface area (Å²) in [5.74, 6) is 0.392. The number of benzene rings is 1. The molecule has 33 heavy (non-hydrogen) atoms. The average molecular weight is 460 g/mol. The molecule has 0 saturated carbocycles. The zero-order chi connectivity index (χ0) is 24.4. The van der Waals surface area contributed by atoms with Crippen molar-refractivity contribution in [3.05, 3.63) is 42.2 Å². The lowest BCUT2D eigenvalue weighted by Gasteiger charge is -2.34. The standard InChI is InChI=1S/C26H41N3O4/c1-19(2)21(5)28(18-26(31-6)32-7)25(30)12-14-33-13-11-22-9-8-10-23(15-22)24-16-27-29(17-24)20(3)4/h8-10,15-17,19-21,26H,11-14,18H2,1-7H3/t21-/m1/s1. The van der Waals surface area contributed by atoms with E-state index in [1.54, 1.807) is 14.2 Å². The van der Waals surface area contributed by atoms with Gasteiger partial charge in [-0.05, 0) is 44.2 Å². The van der Waals surface area contributed by atoms with Gasteiger partial charge in [0.1, 0.15) is 0 Å². The number of nitrogens with zero attached hydrogens (tertiary/aromatic N) is 3.